The van der Waals surface area contributed by atoms with Gasteiger partial charge in [-0.3, -0.25) is 19.4 Å². The summed E-state index contributed by atoms with van der Waals surface area (Å²) >= 11 is 0. The number of carbonyl (C=O) groups is 1. The summed E-state index contributed by atoms with van der Waals surface area (Å²) in [5, 5.41) is 4.16. The molecule has 3 rings (SSSR count). The van der Waals surface area contributed by atoms with Crippen LogP contribution in [0.1, 0.15) is 25.0 Å². The molecule has 1 aliphatic rings. The third-order valence-corrected chi connectivity index (χ3v) is 4.24. The zero-order valence-electron chi connectivity index (χ0n) is 13.8. The lowest BCUT2D eigenvalue weighted by atomic mass is 10.1. The van der Waals surface area contributed by atoms with Crippen molar-refractivity contribution in [3.05, 3.63) is 42.7 Å². The molecule has 2 aromatic rings. The lowest BCUT2D eigenvalue weighted by Crippen LogP contribution is -2.48. The Morgan fingerprint density at radius 1 is 1.33 bits per heavy atom. The predicted molar refractivity (Wildman–Crippen MR) is 88.1 cm³/mol. The van der Waals surface area contributed by atoms with Crippen molar-refractivity contribution < 1.29 is 9.53 Å². The lowest BCUT2D eigenvalue weighted by Gasteiger charge is -2.35. The second-order valence-corrected chi connectivity index (χ2v) is 5.92. The van der Waals surface area contributed by atoms with Gasteiger partial charge in [-0.25, -0.2) is 0 Å². The number of hydrogen-bond donors (Lipinski definition) is 0. The zero-order valence-corrected chi connectivity index (χ0v) is 13.8. The minimum absolute atomic E-state index is 0.123. The van der Waals surface area contributed by atoms with Gasteiger partial charge in [0.1, 0.15) is 0 Å². The van der Waals surface area contributed by atoms with E-state index in [-0.39, 0.29) is 11.9 Å². The van der Waals surface area contributed by atoms with Crippen LogP contribution in [0, 0.1) is 0 Å². The molecule has 0 unspecified atom stereocenters. The molecule has 1 amide bonds. The fraction of sp³-hybridized carbons (Fsp3) is 0.529. The highest BCUT2D eigenvalue weighted by atomic mass is 16.5. The summed E-state index contributed by atoms with van der Waals surface area (Å²) in [6.45, 7) is 2.66. The topological polar surface area (TPSA) is 73.1 Å². The summed E-state index contributed by atoms with van der Waals surface area (Å²) in [7, 11) is 0. The van der Waals surface area contributed by atoms with Gasteiger partial charge >= 0.3 is 0 Å². The maximum Gasteiger partial charge on any atom is 0.223 e. The van der Waals surface area contributed by atoms with Crippen LogP contribution in [0.25, 0.3) is 0 Å². The number of aromatic nitrogens is 4. The van der Waals surface area contributed by atoms with Crippen molar-refractivity contribution in [3.8, 4) is 0 Å². The monoisotopic (exact) mass is 329 g/mol. The molecule has 3 heterocycles. The third-order valence-electron chi connectivity index (χ3n) is 4.24. The first-order valence-corrected chi connectivity index (χ1v) is 8.42. The Morgan fingerprint density at radius 3 is 3.08 bits per heavy atom. The largest absolute Gasteiger partial charge is 0.377 e. The van der Waals surface area contributed by atoms with Gasteiger partial charge < -0.3 is 9.64 Å². The van der Waals surface area contributed by atoms with Crippen molar-refractivity contribution in [2.75, 3.05) is 19.8 Å². The minimum atomic E-state index is 0.123. The molecular weight excluding hydrogens is 306 g/mol. The second kappa shape index (κ2) is 8.54. The SMILES string of the molecule is O=C(CCCn1cccn1)N1CCOC[C@H]1CCc1cnccn1. The molecule has 1 fully saturated rings. The Hall–Kier alpha value is -2.28. The van der Waals surface area contributed by atoms with E-state index >= 15 is 0 Å². The first-order valence-electron chi connectivity index (χ1n) is 8.42. The molecule has 0 bridgehead atoms. The van der Waals surface area contributed by atoms with E-state index in [1.807, 2.05) is 21.8 Å². The van der Waals surface area contributed by atoms with Crippen LogP contribution in [0.5, 0.6) is 0 Å². The number of nitrogens with zero attached hydrogens (tertiary/aromatic N) is 5. The Bertz CT molecular complexity index is 617. The van der Waals surface area contributed by atoms with E-state index in [2.05, 4.69) is 15.1 Å². The van der Waals surface area contributed by atoms with Gasteiger partial charge in [0.15, 0.2) is 0 Å². The Kier molecular flexibility index (Phi) is 5.90. The second-order valence-electron chi connectivity index (χ2n) is 5.92. The number of ether oxygens (including phenoxy) is 1. The quantitative estimate of drug-likeness (QED) is 0.766. The Morgan fingerprint density at radius 2 is 2.29 bits per heavy atom. The molecule has 0 saturated carbocycles. The van der Waals surface area contributed by atoms with Crippen LogP contribution < -0.4 is 0 Å². The summed E-state index contributed by atoms with van der Waals surface area (Å²) in [4.78, 5) is 22.9. The molecule has 7 heteroatoms. The van der Waals surface area contributed by atoms with Crippen molar-refractivity contribution in [2.24, 2.45) is 0 Å². The van der Waals surface area contributed by atoms with Crippen molar-refractivity contribution in [3.63, 3.8) is 0 Å². The van der Waals surface area contributed by atoms with Gasteiger partial charge in [-0.1, -0.05) is 0 Å². The number of rotatable bonds is 7. The molecule has 0 N–H and O–H groups in total. The maximum absolute atomic E-state index is 12.6. The highest BCUT2D eigenvalue weighted by Crippen LogP contribution is 2.15. The van der Waals surface area contributed by atoms with E-state index in [4.69, 9.17) is 4.74 Å². The molecule has 0 radical (unpaired) electrons. The van der Waals surface area contributed by atoms with Crippen LogP contribution in [-0.2, 0) is 22.5 Å². The highest BCUT2D eigenvalue weighted by molar-refractivity contribution is 5.76. The number of carbonyl (C=O) groups excluding carboxylic acids is 1. The molecular formula is C17H23N5O2. The highest BCUT2D eigenvalue weighted by Gasteiger charge is 2.26. The van der Waals surface area contributed by atoms with E-state index in [1.54, 1.807) is 24.8 Å². The van der Waals surface area contributed by atoms with Crippen LogP contribution in [0.15, 0.2) is 37.1 Å². The molecule has 2 aromatic heterocycles. The predicted octanol–water partition coefficient (Wildman–Crippen LogP) is 1.31. The Balaban J connectivity index is 1.48. The standard InChI is InChI=1S/C17H23N5O2/c23-17(3-1-9-21-10-2-6-20-21)22-11-12-24-14-16(22)5-4-15-13-18-7-8-19-15/h2,6-8,10,13,16H,1,3-5,9,11-12,14H2/t16-/m1/s1. The molecule has 0 aromatic carbocycles. The summed E-state index contributed by atoms with van der Waals surface area (Å²) in [6, 6.07) is 2.02. The molecule has 1 aliphatic heterocycles. The molecule has 24 heavy (non-hydrogen) atoms. The minimum Gasteiger partial charge on any atom is -0.377 e. The molecule has 0 spiro atoms. The average Bonchev–Trinajstić information content (AvgIpc) is 3.14. The fourth-order valence-corrected chi connectivity index (χ4v) is 2.96. The van der Waals surface area contributed by atoms with Crippen LogP contribution in [-0.4, -0.2) is 56.4 Å². The molecule has 128 valence electrons. The lowest BCUT2D eigenvalue weighted by molar-refractivity contribution is -0.140. The van der Waals surface area contributed by atoms with Crippen molar-refractivity contribution in [2.45, 2.75) is 38.3 Å². The van der Waals surface area contributed by atoms with Crippen molar-refractivity contribution >= 4 is 5.91 Å². The van der Waals surface area contributed by atoms with E-state index in [1.165, 1.54) is 0 Å². The van der Waals surface area contributed by atoms with Crippen LogP contribution in [0.4, 0.5) is 0 Å². The molecule has 7 nitrogen and oxygen atoms in total. The fourth-order valence-electron chi connectivity index (χ4n) is 2.96. The number of aryl methyl sites for hydroxylation is 2. The molecule has 1 atom stereocenters. The summed E-state index contributed by atoms with van der Waals surface area (Å²) < 4.78 is 7.43. The van der Waals surface area contributed by atoms with E-state index in [0.29, 0.717) is 26.2 Å². The summed E-state index contributed by atoms with van der Waals surface area (Å²) in [6.07, 6.45) is 11.8. The van der Waals surface area contributed by atoms with Gasteiger partial charge in [-0.15, -0.1) is 0 Å². The molecule has 0 aliphatic carbocycles. The van der Waals surface area contributed by atoms with Crippen LogP contribution >= 0.6 is 0 Å². The van der Waals surface area contributed by atoms with E-state index in [9.17, 15) is 4.79 Å². The first-order chi connectivity index (χ1) is 11.8. The summed E-state index contributed by atoms with van der Waals surface area (Å²) in [5.74, 6) is 0.203. The Labute approximate surface area is 141 Å². The smallest absolute Gasteiger partial charge is 0.223 e. The van der Waals surface area contributed by atoms with Gasteiger partial charge in [0.25, 0.3) is 0 Å². The maximum atomic E-state index is 12.6. The van der Waals surface area contributed by atoms with Crippen LogP contribution in [0.2, 0.25) is 0 Å². The van der Waals surface area contributed by atoms with Gasteiger partial charge in [0.2, 0.25) is 5.91 Å². The molecule has 1 saturated heterocycles. The van der Waals surface area contributed by atoms with E-state index < -0.39 is 0 Å². The number of morpholine rings is 1. The first kappa shape index (κ1) is 16.6. The zero-order chi connectivity index (χ0) is 16.6. The van der Waals surface area contributed by atoms with Crippen LogP contribution in [0.3, 0.4) is 0 Å². The van der Waals surface area contributed by atoms with Gasteiger partial charge in [0, 0.05) is 50.5 Å². The summed E-state index contributed by atoms with van der Waals surface area (Å²) in [5.41, 5.74) is 0.953. The van der Waals surface area contributed by atoms with Gasteiger partial charge in [-0.05, 0) is 25.3 Å². The van der Waals surface area contributed by atoms with Crippen molar-refractivity contribution in [1.29, 1.82) is 0 Å². The average molecular weight is 329 g/mol. The number of hydrogen-bond acceptors (Lipinski definition) is 5. The normalized spacial score (nSPS) is 17.8. The third kappa shape index (κ3) is 4.61. The van der Waals surface area contributed by atoms with Gasteiger partial charge in [0.05, 0.1) is 24.9 Å². The van der Waals surface area contributed by atoms with E-state index in [0.717, 1.165) is 31.5 Å². The van der Waals surface area contributed by atoms with Crippen molar-refractivity contribution in [1.82, 2.24) is 24.6 Å². The number of amides is 1. The van der Waals surface area contributed by atoms with Gasteiger partial charge in [-0.2, -0.15) is 5.10 Å².